The topological polar surface area (TPSA) is 53.1 Å². The molecule has 0 bridgehead atoms. The molecule has 1 rings (SSSR count). The highest BCUT2D eigenvalue weighted by Crippen LogP contribution is 2.30. The summed E-state index contributed by atoms with van der Waals surface area (Å²) in [6.07, 6.45) is -0.0494. The zero-order valence-corrected chi connectivity index (χ0v) is 11.6. The fourth-order valence-corrected chi connectivity index (χ4v) is 1.86. The van der Waals surface area contributed by atoms with Crippen LogP contribution in [0.1, 0.15) is 20.3 Å². The van der Waals surface area contributed by atoms with Gasteiger partial charge in [-0.3, -0.25) is 5.41 Å². The number of hydrogen-bond donors (Lipinski definition) is 2. The number of halogens is 5. The first-order valence-electron chi connectivity index (χ1n) is 6.26. The first-order valence-corrected chi connectivity index (χ1v) is 6.26. The van der Waals surface area contributed by atoms with Crippen LogP contribution < -0.4 is 10.6 Å². The van der Waals surface area contributed by atoms with Crippen LogP contribution >= 0.6 is 0 Å². The molecule has 3 N–H and O–H groups in total. The molecule has 1 aromatic rings. The smallest absolute Gasteiger partial charge is 0.200 e. The van der Waals surface area contributed by atoms with Gasteiger partial charge in [0, 0.05) is 19.5 Å². The van der Waals surface area contributed by atoms with E-state index in [1.165, 1.54) is 0 Å². The zero-order valence-electron chi connectivity index (χ0n) is 11.6. The first kappa shape index (κ1) is 17.2. The normalized spacial score (nSPS) is 11.0. The molecule has 1 aromatic carbocycles. The van der Waals surface area contributed by atoms with E-state index in [9.17, 15) is 22.0 Å². The highest BCUT2D eigenvalue weighted by atomic mass is 19.2. The lowest BCUT2D eigenvalue weighted by Gasteiger charge is -2.27. The first-order chi connectivity index (χ1) is 9.66. The Morgan fingerprint density at radius 1 is 1.00 bits per heavy atom. The molecule has 0 radical (unpaired) electrons. The maximum Gasteiger partial charge on any atom is 0.200 e. The number of rotatable bonds is 6. The fraction of sp³-hybridized carbons (Fsp3) is 0.462. The highest BCUT2D eigenvalue weighted by Gasteiger charge is 2.29. The molecule has 0 aliphatic rings. The van der Waals surface area contributed by atoms with Gasteiger partial charge in [-0.05, 0) is 5.92 Å². The third-order valence-electron chi connectivity index (χ3n) is 2.74. The lowest BCUT2D eigenvalue weighted by atomic mass is 10.1. The second-order valence-electron chi connectivity index (χ2n) is 5.03. The van der Waals surface area contributed by atoms with Gasteiger partial charge in [0.2, 0.25) is 5.82 Å². The van der Waals surface area contributed by atoms with Crippen LogP contribution in [0.3, 0.4) is 0 Å². The van der Waals surface area contributed by atoms with E-state index in [1.807, 2.05) is 0 Å². The molecular weight excluding hydrogens is 293 g/mol. The van der Waals surface area contributed by atoms with Gasteiger partial charge in [-0.25, -0.2) is 22.0 Å². The number of anilines is 1. The summed E-state index contributed by atoms with van der Waals surface area (Å²) in [6.45, 7) is 3.40. The number of hydrogen-bond acceptors (Lipinski definition) is 2. The fourth-order valence-electron chi connectivity index (χ4n) is 1.86. The SMILES string of the molecule is CC(C)CN(CCC(=N)N)c1c(F)c(F)c(F)c(F)c1F. The number of nitrogens with two attached hydrogens (primary N) is 1. The molecule has 118 valence electrons. The predicted molar refractivity (Wildman–Crippen MR) is 69.8 cm³/mol. The second kappa shape index (κ2) is 6.73. The molecule has 3 nitrogen and oxygen atoms in total. The zero-order chi connectivity index (χ0) is 16.3. The Kier molecular flexibility index (Phi) is 5.51. The van der Waals surface area contributed by atoms with Crippen LogP contribution in [-0.2, 0) is 0 Å². The van der Waals surface area contributed by atoms with Crippen LogP contribution in [-0.4, -0.2) is 18.9 Å². The van der Waals surface area contributed by atoms with Crippen molar-refractivity contribution in [2.75, 3.05) is 18.0 Å². The Labute approximate surface area is 119 Å². The average molecular weight is 309 g/mol. The Bertz CT molecular complexity index is 516. The van der Waals surface area contributed by atoms with Crippen LogP contribution in [0.4, 0.5) is 27.6 Å². The van der Waals surface area contributed by atoms with Gasteiger partial charge < -0.3 is 10.6 Å². The number of benzene rings is 1. The van der Waals surface area contributed by atoms with Gasteiger partial charge in [0.05, 0.1) is 5.84 Å². The van der Waals surface area contributed by atoms with Gasteiger partial charge >= 0.3 is 0 Å². The van der Waals surface area contributed by atoms with E-state index in [1.54, 1.807) is 13.8 Å². The molecule has 0 saturated carbocycles. The maximum absolute atomic E-state index is 13.8. The lowest BCUT2D eigenvalue weighted by Crippen LogP contribution is -2.33. The van der Waals surface area contributed by atoms with Crippen LogP contribution in [0.15, 0.2) is 0 Å². The van der Waals surface area contributed by atoms with Gasteiger partial charge in [-0.2, -0.15) is 0 Å². The molecule has 0 aromatic heterocycles. The van der Waals surface area contributed by atoms with Crippen molar-refractivity contribution in [2.24, 2.45) is 11.7 Å². The van der Waals surface area contributed by atoms with Crippen LogP contribution in [0.25, 0.3) is 0 Å². The molecule has 21 heavy (non-hydrogen) atoms. The van der Waals surface area contributed by atoms with Crippen LogP contribution in [0.5, 0.6) is 0 Å². The summed E-state index contributed by atoms with van der Waals surface area (Å²) in [5.41, 5.74) is 4.19. The largest absolute Gasteiger partial charge is 0.388 e. The molecule has 0 aliphatic heterocycles. The van der Waals surface area contributed by atoms with Crippen LogP contribution in [0.2, 0.25) is 0 Å². The average Bonchev–Trinajstić information content (AvgIpc) is 2.39. The highest BCUT2D eigenvalue weighted by molar-refractivity contribution is 5.77. The summed E-state index contributed by atoms with van der Waals surface area (Å²) in [5, 5.41) is 7.11. The van der Waals surface area contributed by atoms with Crippen molar-refractivity contribution < 1.29 is 22.0 Å². The van der Waals surface area contributed by atoms with Gasteiger partial charge in [-0.15, -0.1) is 0 Å². The molecule has 0 amide bonds. The molecule has 0 aliphatic carbocycles. The minimum atomic E-state index is -2.19. The molecule has 0 saturated heterocycles. The van der Waals surface area contributed by atoms with E-state index >= 15 is 0 Å². The maximum atomic E-state index is 13.8. The van der Waals surface area contributed by atoms with E-state index in [4.69, 9.17) is 11.1 Å². The molecule has 0 spiro atoms. The number of nitrogens with one attached hydrogen (secondary N) is 1. The number of amidine groups is 1. The Hall–Kier alpha value is -1.86. The van der Waals surface area contributed by atoms with Crippen molar-refractivity contribution in [2.45, 2.75) is 20.3 Å². The van der Waals surface area contributed by atoms with Crippen molar-refractivity contribution in [1.29, 1.82) is 5.41 Å². The predicted octanol–water partition coefficient (Wildman–Crippen LogP) is 3.17. The van der Waals surface area contributed by atoms with Crippen molar-refractivity contribution in [1.82, 2.24) is 0 Å². The third kappa shape index (κ3) is 3.83. The molecule has 0 unspecified atom stereocenters. The molecule has 0 heterocycles. The van der Waals surface area contributed by atoms with Crippen LogP contribution in [0, 0.1) is 40.4 Å². The summed E-state index contributed by atoms with van der Waals surface area (Å²) in [4.78, 5) is 1.02. The lowest BCUT2D eigenvalue weighted by molar-refractivity contribution is 0.377. The van der Waals surface area contributed by atoms with Gasteiger partial charge in [0.15, 0.2) is 23.3 Å². The minimum absolute atomic E-state index is 0.0494. The second-order valence-corrected chi connectivity index (χ2v) is 5.03. The Balaban J connectivity index is 3.32. The summed E-state index contributed by atoms with van der Waals surface area (Å²) < 4.78 is 67.1. The van der Waals surface area contributed by atoms with Gasteiger partial charge in [0.25, 0.3) is 0 Å². The summed E-state index contributed by atoms with van der Waals surface area (Å²) >= 11 is 0. The molecule has 8 heteroatoms. The minimum Gasteiger partial charge on any atom is -0.388 e. The molecule has 0 fully saturated rings. The van der Waals surface area contributed by atoms with Gasteiger partial charge in [-0.1, -0.05) is 13.8 Å². The van der Waals surface area contributed by atoms with E-state index < -0.39 is 34.8 Å². The summed E-state index contributed by atoms with van der Waals surface area (Å²) in [7, 11) is 0. The van der Waals surface area contributed by atoms with E-state index in [-0.39, 0.29) is 31.3 Å². The van der Waals surface area contributed by atoms with Crippen molar-refractivity contribution in [3.05, 3.63) is 29.1 Å². The van der Waals surface area contributed by atoms with Gasteiger partial charge in [0.1, 0.15) is 5.69 Å². The van der Waals surface area contributed by atoms with E-state index in [2.05, 4.69) is 0 Å². The van der Waals surface area contributed by atoms with Crippen molar-refractivity contribution in [3.8, 4) is 0 Å². The summed E-state index contributed by atoms with van der Waals surface area (Å²) in [6, 6.07) is 0. The number of nitrogens with zero attached hydrogens (tertiary/aromatic N) is 1. The third-order valence-corrected chi connectivity index (χ3v) is 2.74. The summed E-state index contributed by atoms with van der Waals surface area (Å²) in [5.74, 6) is -10.3. The Morgan fingerprint density at radius 3 is 1.81 bits per heavy atom. The standard InChI is InChI=1S/C13H16F5N3/c1-6(2)5-21(4-3-7(19)20)13-11(17)9(15)8(14)10(16)12(13)18/h6H,3-5H2,1-2H3,(H3,19,20). The van der Waals surface area contributed by atoms with E-state index in [0.29, 0.717) is 0 Å². The molecular formula is C13H16F5N3. The quantitative estimate of drug-likeness (QED) is 0.279. The van der Waals surface area contributed by atoms with Crippen molar-refractivity contribution in [3.63, 3.8) is 0 Å². The molecule has 0 atom stereocenters. The van der Waals surface area contributed by atoms with Crippen molar-refractivity contribution >= 4 is 11.5 Å². The Morgan fingerprint density at radius 2 is 1.43 bits per heavy atom. The monoisotopic (exact) mass is 309 g/mol. The van der Waals surface area contributed by atoms with E-state index in [0.717, 1.165) is 4.90 Å².